The van der Waals surface area contributed by atoms with Crippen molar-refractivity contribution in [3.05, 3.63) is 65.5 Å². The Bertz CT molecular complexity index is 980. The van der Waals surface area contributed by atoms with Gasteiger partial charge in [0.25, 0.3) is 0 Å². The van der Waals surface area contributed by atoms with Crippen LogP contribution in [0.2, 0.25) is 0 Å². The zero-order valence-electron chi connectivity index (χ0n) is 14.1. The molecule has 26 heavy (non-hydrogen) atoms. The Hall–Kier alpha value is -2.98. The molecule has 2 aromatic carbocycles. The first-order chi connectivity index (χ1) is 12.8. The fourth-order valence-corrected chi connectivity index (χ4v) is 3.70. The smallest absolute Gasteiger partial charge is 0.192 e. The van der Waals surface area contributed by atoms with Gasteiger partial charge in [0.05, 0.1) is 11.6 Å². The first kappa shape index (κ1) is 16.5. The molecule has 0 N–H and O–H groups in total. The fraction of sp³-hybridized carbons (Fsp3) is 0.211. The lowest BCUT2D eigenvalue weighted by atomic mass is 10.1. The molecule has 0 amide bonds. The Kier molecular flexibility index (Phi) is 4.50. The van der Waals surface area contributed by atoms with E-state index in [1.54, 1.807) is 11.8 Å². The monoisotopic (exact) mass is 364 g/mol. The molecule has 0 saturated carbocycles. The highest BCUT2D eigenvalue weighted by atomic mass is 32.2. The molecule has 1 atom stereocenters. The van der Waals surface area contributed by atoms with Gasteiger partial charge in [0.15, 0.2) is 28.6 Å². The van der Waals surface area contributed by atoms with Crippen LogP contribution >= 0.6 is 11.8 Å². The highest BCUT2D eigenvalue weighted by molar-refractivity contribution is 7.98. The molecule has 0 fully saturated rings. The molecule has 0 aliphatic carbocycles. The van der Waals surface area contributed by atoms with E-state index in [1.165, 1.54) is 0 Å². The number of rotatable bonds is 4. The van der Waals surface area contributed by atoms with Gasteiger partial charge in [-0.2, -0.15) is 5.26 Å². The van der Waals surface area contributed by atoms with E-state index in [1.807, 2.05) is 60.1 Å². The minimum absolute atomic E-state index is 0.303. The maximum atomic E-state index is 9.20. The van der Waals surface area contributed by atoms with E-state index >= 15 is 0 Å². The van der Waals surface area contributed by atoms with Crippen molar-refractivity contribution in [1.29, 1.82) is 5.26 Å². The van der Waals surface area contributed by atoms with E-state index in [9.17, 15) is 5.26 Å². The topological polar surface area (TPSA) is 73.0 Å². The van der Waals surface area contributed by atoms with Gasteiger partial charge in [-0.1, -0.05) is 42.1 Å². The van der Waals surface area contributed by atoms with E-state index in [2.05, 4.69) is 16.3 Å². The highest BCUT2D eigenvalue weighted by Crippen LogP contribution is 2.36. The number of hydrogen-bond donors (Lipinski definition) is 0. The second-order valence-electron chi connectivity index (χ2n) is 5.82. The minimum Gasteiger partial charge on any atom is -0.485 e. The molecule has 0 radical (unpaired) electrons. The van der Waals surface area contributed by atoms with Gasteiger partial charge in [0.1, 0.15) is 6.61 Å². The van der Waals surface area contributed by atoms with Crippen LogP contribution in [0.5, 0.6) is 11.5 Å². The molecule has 6 nitrogen and oxygen atoms in total. The van der Waals surface area contributed by atoms with Crippen molar-refractivity contribution < 1.29 is 9.47 Å². The molecule has 1 aliphatic heterocycles. The second kappa shape index (κ2) is 7.10. The lowest BCUT2D eigenvalue weighted by molar-refractivity contribution is 0.0825. The van der Waals surface area contributed by atoms with Crippen LogP contribution in [0, 0.1) is 11.3 Å². The van der Waals surface area contributed by atoms with Crippen molar-refractivity contribution in [3.8, 4) is 17.6 Å². The van der Waals surface area contributed by atoms with Crippen LogP contribution in [0.1, 0.15) is 23.1 Å². The fourth-order valence-electron chi connectivity index (χ4n) is 2.78. The Morgan fingerprint density at radius 1 is 1.15 bits per heavy atom. The molecule has 0 saturated heterocycles. The van der Waals surface area contributed by atoms with E-state index in [0.717, 1.165) is 22.3 Å². The molecule has 3 aromatic rings. The Balaban J connectivity index is 1.50. The summed E-state index contributed by atoms with van der Waals surface area (Å²) in [4.78, 5) is 0. The average molecular weight is 364 g/mol. The molecule has 7 heteroatoms. The normalized spacial score (nSPS) is 15.5. The van der Waals surface area contributed by atoms with Crippen molar-refractivity contribution in [3.63, 3.8) is 0 Å². The van der Waals surface area contributed by atoms with Crippen LogP contribution in [0.4, 0.5) is 0 Å². The van der Waals surface area contributed by atoms with Gasteiger partial charge in [-0.15, -0.1) is 10.2 Å². The molecular weight excluding hydrogens is 348 g/mol. The summed E-state index contributed by atoms with van der Waals surface area (Å²) < 4.78 is 13.7. The number of aromatic nitrogens is 3. The van der Waals surface area contributed by atoms with Crippen LogP contribution in [-0.2, 0) is 12.8 Å². The van der Waals surface area contributed by atoms with Crippen molar-refractivity contribution >= 4 is 11.8 Å². The summed E-state index contributed by atoms with van der Waals surface area (Å²) in [6, 6.07) is 17.4. The van der Waals surface area contributed by atoms with Crippen LogP contribution in [0.25, 0.3) is 0 Å². The standard InChI is InChI=1S/C19H16N4O2S/c1-23-18(17-11-24-15-8-4-5-9-16(15)25-17)21-22-19(23)26-12-14-7-3-2-6-13(14)10-20/h2-9,17H,11-12H2,1H3. The van der Waals surface area contributed by atoms with Gasteiger partial charge in [-0.25, -0.2) is 0 Å². The summed E-state index contributed by atoms with van der Waals surface area (Å²) >= 11 is 1.54. The number of benzene rings is 2. The summed E-state index contributed by atoms with van der Waals surface area (Å²) in [5.74, 6) is 2.83. The molecule has 0 spiro atoms. The lowest BCUT2D eigenvalue weighted by Gasteiger charge is -2.25. The predicted octanol–water partition coefficient (Wildman–Crippen LogP) is 3.49. The number of fused-ring (bicyclic) bond motifs is 1. The molecule has 4 rings (SSSR count). The minimum atomic E-state index is -0.303. The van der Waals surface area contributed by atoms with Crippen LogP contribution in [0.15, 0.2) is 53.7 Å². The van der Waals surface area contributed by atoms with Gasteiger partial charge in [-0.3, -0.25) is 0 Å². The number of nitrogens with zero attached hydrogens (tertiary/aromatic N) is 4. The number of thioether (sulfide) groups is 1. The summed E-state index contributed by atoms with van der Waals surface area (Å²) in [6.45, 7) is 0.394. The van der Waals surface area contributed by atoms with Crippen LogP contribution in [0.3, 0.4) is 0 Å². The van der Waals surface area contributed by atoms with Crippen LogP contribution in [-0.4, -0.2) is 21.4 Å². The quantitative estimate of drug-likeness (QED) is 0.660. The Morgan fingerprint density at radius 3 is 2.77 bits per heavy atom. The van der Waals surface area contributed by atoms with E-state index in [4.69, 9.17) is 9.47 Å². The predicted molar refractivity (Wildman–Crippen MR) is 97.0 cm³/mol. The lowest BCUT2D eigenvalue weighted by Crippen LogP contribution is -2.24. The number of ether oxygens (including phenoxy) is 2. The first-order valence-corrected chi connectivity index (χ1v) is 9.13. The summed E-state index contributed by atoms with van der Waals surface area (Å²) in [6.07, 6.45) is -0.303. The maximum Gasteiger partial charge on any atom is 0.192 e. The number of para-hydroxylation sites is 2. The average Bonchev–Trinajstić information content (AvgIpc) is 3.06. The van der Waals surface area contributed by atoms with Gasteiger partial charge in [-0.05, 0) is 23.8 Å². The SMILES string of the molecule is Cn1c(SCc2ccccc2C#N)nnc1C1COc2ccccc2O1. The third-order valence-corrected chi connectivity index (χ3v) is 5.23. The molecular formula is C19H16N4O2S. The third kappa shape index (κ3) is 3.11. The van der Waals surface area contributed by atoms with Crippen molar-refractivity contribution in [2.24, 2.45) is 7.05 Å². The summed E-state index contributed by atoms with van der Waals surface area (Å²) in [5, 5.41) is 18.5. The zero-order chi connectivity index (χ0) is 17.9. The van der Waals surface area contributed by atoms with E-state index in [-0.39, 0.29) is 6.10 Å². The summed E-state index contributed by atoms with van der Waals surface area (Å²) in [5.41, 5.74) is 1.67. The molecule has 0 bridgehead atoms. The largest absolute Gasteiger partial charge is 0.485 e. The van der Waals surface area contributed by atoms with Crippen molar-refractivity contribution in [2.75, 3.05) is 6.61 Å². The van der Waals surface area contributed by atoms with Gasteiger partial charge < -0.3 is 14.0 Å². The van der Waals surface area contributed by atoms with Gasteiger partial charge >= 0.3 is 0 Å². The van der Waals surface area contributed by atoms with Crippen molar-refractivity contribution in [1.82, 2.24) is 14.8 Å². The zero-order valence-corrected chi connectivity index (χ0v) is 14.9. The van der Waals surface area contributed by atoms with E-state index in [0.29, 0.717) is 23.7 Å². The molecule has 1 unspecified atom stereocenters. The molecule has 2 heterocycles. The maximum absolute atomic E-state index is 9.20. The van der Waals surface area contributed by atoms with Crippen molar-refractivity contribution in [2.45, 2.75) is 17.0 Å². The number of hydrogen-bond acceptors (Lipinski definition) is 6. The second-order valence-corrected chi connectivity index (χ2v) is 6.76. The number of nitriles is 1. The Morgan fingerprint density at radius 2 is 1.92 bits per heavy atom. The highest BCUT2D eigenvalue weighted by Gasteiger charge is 2.27. The van der Waals surface area contributed by atoms with Gasteiger partial charge in [0.2, 0.25) is 0 Å². The molecule has 1 aliphatic rings. The molecule has 130 valence electrons. The molecule has 1 aromatic heterocycles. The first-order valence-electron chi connectivity index (χ1n) is 8.15. The van der Waals surface area contributed by atoms with Crippen LogP contribution < -0.4 is 9.47 Å². The van der Waals surface area contributed by atoms with E-state index < -0.39 is 0 Å². The van der Waals surface area contributed by atoms with Gasteiger partial charge in [0, 0.05) is 12.8 Å². The third-order valence-electron chi connectivity index (χ3n) is 4.16. The Labute approximate surface area is 155 Å². The summed E-state index contributed by atoms with van der Waals surface area (Å²) in [7, 11) is 1.91.